The van der Waals surface area contributed by atoms with Crippen LogP contribution in [0.4, 0.5) is 4.39 Å². The first kappa shape index (κ1) is 12.4. The highest BCUT2D eigenvalue weighted by atomic mass is 127. The van der Waals surface area contributed by atoms with Gasteiger partial charge in [-0.1, -0.05) is 13.8 Å². The summed E-state index contributed by atoms with van der Waals surface area (Å²) in [7, 11) is 0. The summed E-state index contributed by atoms with van der Waals surface area (Å²) in [5.41, 5.74) is 0.107. The van der Waals surface area contributed by atoms with E-state index < -0.39 is 5.82 Å². The number of halogens is 2. The molecule has 0 aliphatic heterocycles. The van der Waals surface area contributed by atoms with E-state index in [1.165, 1.54) is 12.1 Å². The van der Waals surface area contributed by atoms with Crippen molar-refractivity contribution in [3.8, 4) is 0 Å². The highest BCUT2D eigenvalue weighted by Gasteiger charge is 2.11. The summed E-state index contributed by atoms with van der Waals surface area (Å²) in [5.74, 6) is -0.457. The summed E-state index contributed by atoms with van der Waals surface area (Å²) >= 11 is 2.01. The van der Waals surface area contributed by atoms with Crippen molar-refractivity contribution in [3.63, 3.8) is 0 Å². The molecule has 1 aromatic carbocycles. The molecule has 0 spiro atoms. The highest BCUT2D eigenvalue weighted by molar-refractivity contribution is 14.1. The molecule has 0 unspecified atom stereocenters. The zero-order valence-corrected chi connectivity index (χ0v) is 10.8. The van der Waals surface area contributed by atoms with E-state index in [1.807, 2.05) is 36.4 Å². The Labute approximate surface area is 102 Å². The molecule has 0 bridgehead atoms. The lowest BCUT2D eigenvalue weighted by molar-refractivity contribution is 0.0945. The second-order valence-electron chi connectivity index (χ2n) is 3.73. The lowest BCUT2D eigenvalue weighted by atomic mass is 10.2. The van der Waals surface area contributed by atoms with Crippen LogP contribution < -0.4 is 5.32 Å². The lowest BCUT2D eigenvalue weighted by Gasteiger charge is -2.08. The molecule has 1 aromatic rings. The van der Waals surface area contributed by atoms with Crippen LogP contribution in [0.2, 0.25) is 0 Å². The number of carbonyl (C=O) groups is 1. The van der Waals surface area contributed by atoms with E-state index in [-0.39, 0.29) is 11.5 Å². The standard InChI is InChI=1S/C11H13FINO/c1-7(2)6-14-11(15)9-4-3-8(13)5-10(9)12/h3-5,7H,6H2,1-2H3,(H,14,15). The van der Waals surface area contributed by atoms with Gasteiger partial charge in [-0.2, -0.15) is 0 Å². The van der Waals surface area contributed by atoms with E-state index >= 15 is 0 Å². The lowest BCUT2D eigenvalue weighted by Crippen LogP contribution is -2.28. The van der Waals surface area contributed by atoms with E-state index in [0.717, 1.165) is 3.57 Å². The van der Waals surface area contributed by atoms with Gasteiger partial charge in [-0.3, -0.25) is 4.79 Å². The van der Waals surface area contributed by atoms with Crippen LogP contribution in [-0.4, -0.2) is 12.5 Å². The normalized spacial score (nSPS) is 10.5. The van der Waals surface area contributed by atoms with Crippen LogP contribution >= 0.6 is 22.6 Å². The third kappa shape index (κ3) is 3.77. The van der Waals surface area contributed by atoms with Crippen LogP contribution in [0.1, 0.15) is 24.2 Å². The molecule has 0 aliphatic carbocycles. The summed E-state index contributed by atoms with van der Waals surface area (Å²) in [6, 6.07) is 4.57. The van der Waals surface area contributed by atoms with Gasteiger partial charge < -0.3 is 5.32 Å². The summed E-state index contributed by atoms with van der Waals surface area (Å²) in [6.07, 6.45) is 0. The molecule has 82 valence electrons. The number of rotatable bonds is 3. The summed E-state index contributed by atoms with van der Waals surface area (Å²) < 4.78 is 14.1. The van der Waals surface area contributed by atoms with Crippen LogP contribution in [-0.2, 0) is 0 Å². The molecule has 2 nitrogen and oxygen atoms in total. The molecule has 0 fully saturated rings. The van der Waals surface area contributed by atoms with Crippen molar-refractivity contribution in [3.05, 3.63) is 33.1 Å². The van der Waals surface area contributed by atoms with Crippen molar-refractivity contribution >= 4 is 28.5 Å². The highest BCUT2D eigenvalue weighted by Crippen LogP contribution is 2.12. The van der Waals surface area contributed by atoms with Crippen molar-refractivity contribution < 1.29 is 9.18 Å². The Kier molecular flexibility index (Phi) is 4.50. The quantitative estimate of drug-likeness (QED) is 0.852. The first-order valence-electron chi connectivity index (χ1n) is 4.74. The van der Waals surface area contributed by atoms with E-state index in [2.05, 4.69) is 5.32 Å². The van der Waals surface area contributed by atoms with Gasteiger partial charge in [-0.05, 0) is 46.7 Å². The number of nitrogens with one attached hydrogen (secondary N) is 1. The third-order valence-corrected chi connectivity index (χ3v) is 2.52. The molecule has 0 saturated carbocycles. The monoisotopic (exact) mass is 321 g/mol. The minimum Gasteiger partial charge on any atom is -0.352 e. The fraction of sp³-hybridized carbons (Fsp3) is 0.364. The first-order valence-corrected chi connectivity index (χ1v) is 5.82. The molecule has 1 rings (SSSR count). The Hall–Kier alpha value is -0.650. The molecule has 0 atom stereocenters. The number of benzene rings is 1. The largest absolute Gasteiger partial charge is 0.352 e. The Morgan fingerprint density at radius 1 is 1.53 bits per heavy atom. The maximum absolute atomic E-state index is 13.4. The maximum atomic E-state index is 13.4. The smallest absolute Gasteiger partial charge is 0.254 e. The van der Waals surface area contributed by atoms with Crippen molar-refractivity contribution in [2.24, 2.45) is 5.92 Å². The Bertz CT molecular complexity index is 366. The maximum Gasteiger partial charge on any atom is 0.254 e. The van der Waals surface area contributed by atoms with Crippen molar-refractivity contribution in [1.29, 1.82) is 0 Å². The molecule has 15 heavy (non-hydrogen) atoms. The molecule has 0 aliphatic rings. The van der Waals surface area contributed by atoms with E-state index in [1.54, 1.807) is 6.07 Å². The predicted molar refractivity (Wildman–Crippen MR) is 66.3 cm³/mol. The molecular weight excluding hydrogens is 308 g/mol. The molecule has 4 heteroatoms. The Morgan fingerprint density at radius 2 is 2.20 bits per heavy atom. The second kappa shape index (κ2) is 5.44. The van der Waals surface area contributed by atoms with Gasteiger partial charge in [0.05, 0.1) is 5.56 Å². The van der Waals surface area contributed by atoms with Crippen LogP contribution in [0.3, 0.4) is 0 Å². The van der Waals surface area contributed by atoms with E-state index in [4.69, 9.17) is 0 Å². The Morgan fingerprint density at radius 3 is 2.73 bits per heavy atom. The number of amides is 1. The molecule has 0 heterocycles. The fourth-order valence-electron chi connectivity index (χ4n) is 1.07. The van der Waals surface area contributed by atoms with Crippen molar-refractivity contribution in [2.75, 3.05) is 6.54 Å². The summed E-state index contributed by atoms with van der Waals surface area (Å²) in [5, 5.41) is 2.68. The minimum atomic E-state index is -0.469. The van der Waals surface area contributed by atoms with E-state index in [0.29, 0.717) is 12.5 Å². The second-order valence-corrected chi connectivity index (χ2v) is 4.97. The predicted octanol–water partition coefficient (Wildman–Crippen LogP) is 2.82. The minimum absolute atomic E-state index is 0.107. The van der Waals surface area contributed by atoms with Gasteiger partial charge in [0.2, 0.25) is 0 Å². The van der Waals surface area contributed by atoms with Crippen molar-refractivity contribution in [1.82, 2.24) is 5.32 Å². The molecule has 0 saturated heterocycles. The molecule has 1 N–H and O–H groups in total. The summed E-state index contributed by atoms with van der Waals surface area (Å²) in [6.45, 7) is 4.54. The third-order valence-electron chi connectivity index (χ3n) is 1.85. The van der Waals surface area contributed by atoms with Gasteiger partial charge in [-0.15, -0.1) is 0 Å². The van der Waals surface area contributed by atoms with E-state index in [9.17, 15) is 9.18 Å². The van der Waals surface area contributed by atoms with Crippen LogP contribution in [0.25, 0.3) is 0 Å². The van der Waals surface area contributed by atoms with Gasteiger partial charge in [0, 0.05) is 10.1 Å². The molecule has 0 aromatic heterocycles. The topological polar surface area (TPSA) is 29.1 Å². The van der Waals surface area contributed by atoms with Gasteiger partial charge in [0.15, 0.2) is 0 Å². The first-order chi connectivity index (χ1) is 7.00. The number of hydrogen-bond donors (Lipinski definition) is 1. The van der Waals surface area contributed by atoms with Crippen LogP contribution in [0, 0.1) is 15.3 Å². The average molecular weight is 321 g/mol. The summed E-state index contributed by atoms with van der Waals surface area (Å²) in [4.78, 5) is 11.5. The number of carbonyl (C=O) groups excluding carboxylic acids is 1. The number of hydrogen-bond acceptors (Lipinski definition) is 1. The van der Waals surface area contributed by atoms with Crippen LogP contribution in [0.15, 0.2) is 18.2 Å². The Balaban J connectivity index is 2.74. The van der Waals surface area contributed by atoms with Gasteiger partial charge in [-0.25, -0.2) is 4.39 Å². The van der Waals surface area contributed by atoms with Gasteiger partial charge >= 0.3 is 0 Å². The van der Waals surface area contributed by atoms with Crippen molar-refractivity contribution in [2.45, 2.75) is 13.8 Å². The molecule has 0 radical (unpaired) electrons. The SMILES string of the molecule is CC(C)CNC(=O)c1ccc(I)cc1F. The molecule has 1 amide bonds. The van der Waals surface area contributed by atoms with Gasteiger partial charge in [0.25, 0.3) is 5.91 Å². The zero-order chi connectivity index (χ0) is 11.4. The zero-order valence-electron chi connectivity index (χ0n) is 8.68. The van der Waals surface area contributed by atoms with Crippen LogP contribution in [0.5, 0.6) is 0 Å². The molecular formula is C11H13FINO. The average Bonchev–Trinajstić information content (AvgIpc) is 2.14. The van der Waals surface area contributed by atoms with Gasteiger partial charge in [0.1, 0.15) is 5.82 Å². The fourth-order valence-corrected chi connectivity index (χ4v) is 1.52.